The van der Waals surface area contributed by atoms with Crippen molar-refractivity contribution < 1.29 is 9.47 Å². The zero-order chi connectivity index (χ0) is 19.5. The lowest BCUT2D eigenvalue weighted by Gasteiger charge is -2.17. The Kier molecular flexibility index (Phi) is 6.27. The number of pyridine rings is 1. The van der Waals surface area contributed by atoms with Crippen molar-refractivity contribution >= 4 is 22.5 Å². The van der Waals surface area contributed by atoms with Crippen LogP contribution >= 0.6 is 11.6 Å². The predicted molar refractivity (Wildman–Crippen MR) is 115 cm³/mol. The summed E-state index contributed by atoms with van der Waals surface area (Å²) in [7, 11) is 1.69. The molecule has 1 aromatic carbocycles. The fraction of sp³-hybridized carbons (Fsp3) is 0.609. The van der Waals surface area contributed by atoms with Gasteiger partial charge in [0, 0.05) is 23.7 Å². The highest BCUT2D eigenvalue weighted by molar-refractivity contribution is 6.36. The summed E-state index contributed by atoms with van der Waals surface area (Å²) < 4.78 is 11.7. The molecule has 0 spiro atoms. The van der Waals surface area contributed by atoms with Crippen molar-refractivity contribution in [3.8, 4) is 11.5 Å². The van der Waals surface area contributed by atoms with Crippen molar-refractivity contribution in [2.75, 3.05) is 33.4 Å². The van der Waals surface area contributed by atoms with Crippen molar-refractivity contribution in [1.29, 1.82) is 0 Å². The van der Waals surface area contributed by atoms with Crippen molar-refractivity contribution in [3.05, 3.63) is 28.4 Å². The first-order valence-electron chi connectivity index (χ1n) is 10.8. The SMILES string of the molecule is CCCC1CCc2nc3cc(OCCCN4CCCC4)c(OC)cc3c(Cl)c21. The van der Waals surface area contributed by atoms with E-state index in [1.165, 1.54) is 50.0 Å². The summed E-state index contributed by atoms with van der Waals surface area (Å²) in [5, 5.41) is 1.83. The molecule has 2 aromatic rings. The fourth-order valence-corrected chi connectivity index (χ4v) is 5.16. The number of benzene rings is 1. The van der Waals surface area contributed by atoms with Gasteiger partial charge in [-0.15, -0.1) is 0 Å². The molecule has 5 heteroatoms. The molecule has 0 saturated carbocycles. The average Bonchev–Trinajstić information content (AvgIpc) is 3.35. The van der Waals surface area contributed by atoms with Crippen LogP contribution in [0.5, 0.6) is 11.5 Å². The van der Waals surface area contributed by atoms with E-state index < -0.39 is 0 Å². The van der Waals surface area contributed by atoms with Crippen LogP contribution in [0.25, 0.3) is 10.9 Å². The van der Waals surface area contributed by atoms with Gasteiger partial charge >= 0.3 is 0 Å². The maximum Gasteiger partial charge on any atom is 0.163 e. The van der Waals surface area contributed by atoms with Gasteiger partial charge < -0.3 is 14.4 Å². The summed E-state index contributed by atoms with van der Waals surface area (Å²) in [4.78, 5) is 7.46. The first-order valence-corrected chi connectivity index (χ1v) is 11.1. The van der Waals surface area contributed by atoms with E-state index in [1.54, 1.807) is 7.11 Å². The molecule has 1 aromatic heterocycles. The molecule has 4 rings (SSSR count). The van der Waals surface area contributed by atoms with Gasteiger partial charge in [0.05, 0.1) is 24.3 Å². The Morgan fingerprint density at radius 3 is 2.79 bits per heavy atom. The largest absolute Gasteiger partial charge is 0.493 e. The molecule has 4 nitrogen and oxygen atoms in total. The van der Waals surface area contributed by atoms with Gasteiger partial charge in [-0.1, -0.05) is 24.9 Å². The smallest absolute Gasteiger partial charge is 0.163 e. The maximum atomic E-state index is 6.86. The molecule has 2 heterocycles. The summed E-state index contributed by atoms with van der Waals surface area (Å²) in [6, 6.07) is 4.01. The lowest BCUT2D eigenvalue weighted by atomic mass is 9.96. The molecule has 1 aliphatic heterocycles. The molecule has 1 saturated heterocycles. The topological polar surface area (TPSA) is 34.6 Å². The third-order valence-corrected chi connectivity index (χ3v) is 6.58. The molecule has 0 amide bonds. The van der Waals surface area contributed by atoms with Gasteiger partial charge in [-0.3, -0.25) is 4.98 Å². The van der Waals surface area contributed by atoms with Crippen LogP contribution in [0, 0.1) is 0 Å². The monoisotopic (exact) mass is 402 g/mol. The molecule has 1 aliphatic carbocycles. The summed E-state index contributed by atoms with van der Waals surface area (Å²) >= 11 is 6.86. The third kappa shape index (κ3) is 3.95. The number of rotatable bonds is 8. The number of methoxy groups -OCH3 is 1. The molecular formula is C23H31ClN2O2. The number of ether oxygens (including phenoxy) is 2. The van der Waals surface area contributed by atoms with E-state index in [9.17, 15) is 0 Å². The number of aromatic nitrogens is 1. The first-order chi connectivity index (χ1) is 13.7. The second kappa shape index (κ2) is 8.87. The average molecular weight is 403 g/mol. The zero-order valence-corrected chi connectivity index (χ0v) is 17.9. The Morgan fingerprint density at radius 1 is 1.21 bits per heavy atom. The molecule has 1 unspecified atom stereocenters. The lowest BCUT2D eigenvalue weighted by Crippen LogP contribution is -2.21. The van der Waals surface area contributed by atoms with Gasteiger partial charge in [0.1, 0.15) is 0 Å². The van der Waals surface area contributed by atoms with Crippen LogP contribution in [0.15, 0.2) is 12.1 Å². The number of hydrogen-bond donors (Lipinski definition) is 0. The molecule has 2 aliphatic rings. The van der Waals surface area contributed by atoms with Crippen LogP contribution in [0.3, 0.4) is 0 Å². The van der Waals surface area contributed by atoms with Gasteiger partial charge in [0.15, 0.2) is 11.5 Å². The van der Waals surface area contributed by atoms with Gasteiger partial charge in [-0.25, -0.2) is 0 Å². The summed E-state index contributed by atoms with van der Waals surface area (Å²) in [5.74, 6) is 2.04. The van der Waals surface area contributed by atoms with Crippen LogP contribution < -0.4 is 9.47 Å². The van der Waals surface area contributed by atoms with Gasteiger partial charge in [-0.05, 0) is 69.2 Å². The molecule has 28 heavy (non-hydrogen) atoms. The summed E-state index contributed by atoms with van der Waals surface area (Å²) in [6.07, 6.45) is 8.21. The van der Waals surface area contributed by atoms with Gasteiger partial charge in [0.2, 0.25) is 0 Å². The molecule has 0 radical (unpaired) electrons. The maximum absolute atomic E-state index is 6.86. The Morgan fingerprint density at radius 2 is 2.04 bits per heavy atom. The number of fused-ring (bicyclic) bond motifs is 2. The van der Waals surface area contributed by atoms with Gasteiger partial charge in [-0.2, -0.15) is 0 Å². The molecule has 1 atom stereocenters. The number of aryl methyl sites for hydroxylation is 1. The van der Waals surface area contributed by atoms with Crippen LogP contribution in [0.1, 0.15) is 62.6 Å². The molecule has 0 N–H and O–H groups in total. The number of hydrogen-bond acceptors (Lipinski definition) is 4. The predicted octanol–water partition coefficient (Wildman–Crippen LogP) is 5.59. The second-order valence-electron chi connectivity index (χ2n) is 8.08. The van der Waals surface area contributed by atoms with E-state index >= 15 is 0 Å². The van der Waals surface area contributed by atoms with E-state index in [4.69, 9.17) is 26.1 Å². The Labute approximate surface area is 173 Å². The first kappa shape index (κ1) is 19.8. The zero-order valence-electron chi connectivity index (χ0n) is 17.1. The summed E-state index contributed by atoms with van der Waals surface area (Å²) in [6.45, 7) is 6.48. The quantitative estimate of drug-likeness (QED) is 0.539. The van der Waals surface area contributed by atoms with Crippen LogP contribution in [-0.2, 0) is 6.42 Å². The summed E-state index contributed by atoms with van der Waals surface area (Å²) in [5.41, 5.74) is 3.34. The number of nitrogens with zero attached hydrogens (tertiary/aromatic N) is 2. The van der Waals surface area contributed by atoms with Crippen molar-refractivity contribution in [2.45, 2.75) is 57.8 Å². The minimum Gasteiger partial charge on any atom is -0.493 e. The number of halogens is 1. The Bertz CT molecular complexity index is 833. The minimum absolute atomic E-state index is 0.539. The van der Waals surface area contributed by atoms with Crippen LogP contribution in [-0.4, -0.2) is 43.2 Å². The second-order valence-corrected chi connectivity index (χ2v) is 8.46. The van der Waals surface area contributed by atoms with Crippen molar-refractivity contribution in [2.24, 2.45) is 0 Å². The highest BCUT2D eigenvalue weighted by Crippen LogP contribution is 2.44. The Balaban J connectivity index is 1.55. The third-order valence-electron chi connectivity index (χ3n) is 6.17. The molecular weight excluding hydrogens is 372 g/mol. The normalized spacial score (nSPS) is 19.3. The fourth-order valence-electron chi connectivity index (χ4n) is 4.74. The highest BCUT2D eigenvalue weighted by atomic mass is 35.5. The standard InChI is InChI=1S/C23H31ClN2O2/c1-3-7-16-8-9-18-22(16)23(24)17-14-20(27-2)21(15-19(17)25-18)28-13-6-12-26-10-4-5-11-26/h14-16H,3-13H2,1-2H3. The lowest BCUT2D eigenvalue weighted by molar-refractivity contribution is 0.254. The molecule has 1 fully saturated rings. The Hall–Kier alpha value is -1.52. The highest BCUT2D eigenvalue weighted by Gasteiger charge is 2.28. The van der Waals surface area contributed by atoms with E-state index in [-0.39, 0.29) is 0 Å². The van der Waals surface area contributed by atoms with Crippen LogP contribution in [0.2, 0.25) is 5.02 Å². The van der Waals surface area contributed by atoms with E-state index in [1.807, 2.05) is 12.1 Å². The molecule has 0 bridgehead atoms. The number of likely N-dealkylation sites (tertiary alicyclic amines) is 1. The van der Waals surface area contributed by atoms with E-state index in [2.05, 4.69) is 11.8 Å². The minimum atomic E-state index is 0.539. The molecule has 152 valence electrons. The van der Waals surface area contributed by atoms with Crippen LogP contribution in [0.4, 0.5) is 0 Å². The van der Waals surface area contributed by atoms with E-state index in [0.29, 0.717) is 12.5 Å². The van der Waals surface area contributed by atoms with Crippen molar-refractivity contribution in [3.63, 3.8) is 0 Å². The van der Waals surface area contributed by atoms with Crippen molar-refractivity contribution in [1.82, 2.24) is 9.88 Å². The van der Waals surface area contributed by atoms with E-state index in [0.717, 1.165) is 53.2 Å². The van der Waals surface area contributed by atoms with Gasteiger partial charge in [0.25, 0.3) is 0 Å².